The number of hydrogen-bond acceptors (Lipinski definition) is 4. The molecule has 1 unspecified atom stereocenters. The minimum Gasteiger partial charge on any atom is -0.497 e. The maximum Gasteiger partial charge on any atom is 0.223 e. The fraction of sp³-hybridized carbons (Fsp3) is 0.611. The summed E-state index contributed by atoms with van der Waals surface area (Å²) in [5.74, 6) is 1.04. The number of methoxy groups -OCH3 is 1. The standard InChI is InChI=1S/C18H25NO4/c1-21-15-8-5-14(6-9-15)7-10-17(20)19-11-3-2-4-16(19)18-22-12-13-23-18/h5-6,8-9,16,18H,2-4,7,10-13H2,1H3. The van der Waals surface area contributed by atoms with Crippen molar-refractivity contribution < 1.29 is 19.0 Å². The van der Waals surface area contributed by atoms with Gasteiger partial charge in [0.05, 0.1) is 26.4 Å². The second-order valence-electron chi connectivity index (χ2n) is 6.11. The van der Waals surface area contributed by atoms with E-state index < -0.39 is 0 Å². The van der Waals surface area contributed by atoms with Crippen LogP contribution in [0.1, 0.15) is 31.2 Å². The molecule has 23 heavy (non-hydrogen) atoms. The molecule has 1 amide bonds. The monoisotopic (exact) mass is 319 g/mol. The predicted octanol–water partition coefficient (Wildman–Crippen LogP) is 2.38. The Morgan fingerprint density at radius 1 is 1.22 bits per heavy atom. The summed E-state index contributed by atoms with van der Waals surface area (Å²) in [7, 11) is 1.65. The van der Waals surface area contributed by atoms with E-state index >= 15 is 0 Å². The first-order valence-corrected chi connectivity index (χ1v) is 8.43. The van der Waals surface area contributed by atoms with Gasteiger partial charge in [-0.1, -0.05) is 12.1 Å². The quantitative estimate of drug-likeness (QED) is 0.836. The highest BCUT2D eigenvalue weighted by Gasteiger charge is 2.35. The van der Waals surface area contributed by atoms with E-state index in [0.717, 1.165) is 43.5 Å². The Labute approximate surface area is 137 Å². The van der Waals surface area contributed by atoms with Gasteiger partial charge in [0.15, 0.2) is 6.29 Å². The molecular formula is C18H25NO4. The number of amides is 1. The molecule has 0 bridgehead atoms. The highest BCUT2D eigenvalue weighted by molar-refractivity contribution is 5.77. The van der Waals surface area contributed by atoms with Gasteiger partial charge in [0.1, 0.15) is 5.75 Å². The van der Waals surface area contributed by atoms with Crippen LogP contribution in [0.5, 0.6) is 5.75 Å². The minimum atomic E-state index is -0.236. The van der Waals surface area contributed by atoms with Gasteiger partial charge in [0, 0.05) is 13.0 Å². The van der Waals surface area contributed by atoms with Gasteiger partial charge in [-0.2, -0.15) is 0 Å². The van der Waals surface area contributed by atoms with E-state index in [-0.39, 0.29) is 18.2 Å². The lowest BCUT2D eigenvalue weighted by Gasteiger charge is -2.38. The predicted molar refractivity (Wildman–Crippen MR) is 86.4 cm³/mol. The number of nitrogens with zero attached hydrogens (tertiary/aromatic N) is 1. The highest BCUT2D eigenvalue weighted by Crippen LogP contribution is 2.25. The van der Waals surface area contributed by atoms with E-state index in [4.69, 9.17) is 14.2 Å². The number of carbonyl (C=O) groups excluding carboxylic acids is 1. The van der Waals surface area contributed by atoms with Gasteiger partial charge < -0.3 is 19.1 Å². The smallest absolute Gasteiger partial charge is 0.223 e. The van der Waals surface area contributed by atoms with Gasteiger partial charge >= 0.3 is 0 Å². The Balaban J connectivity index is 1.56. The van der Waals surface area contributed by atoms with Gasteiger partial charge in [0.25, 0.3) is 0 Å². The van der Waals surface area contributed by atoms with E-state index in [2.05, 4.69) is 0 Å². The minimum absolute atomic E-state index is 0.0783. The molecular weight excluding hydrogens is 294 g/mol. The van der Waals surface area contributed by atoms with Crippen molar-refractivity contribution in [1.29, 1.82) is 0 Å². The van der Waals surface area contributed by atoms with E-state index in [0.29, 0.717) is 19.6 Å². The molecule has 2 heterocycles. The second kappa shape index (κ2) is 7.79. The fourth-order valence-corrected chi connectivity index (χ4v) is 3.34. The summed E-state index contributed by atoms with van der Waals surface area (Å²) in [6, 6.07) is 7.98. The first-order valence-electron chi connectivity index (χ1n) is 8.43. The van der Waals surface area contributed by atoms with E-state index in [1.807, 2.05) is 29.2 Å². The van der Waals surface area contributed by atoms with Gasteiger partial charge in [-0.05, 0) is 43.4 Å². The Morgan fingerprint density at radius 2 is 1.96 bits per heavy atom. The molecule has 0 aliphatic carbocycles. The van der Waals surface area contributed by atoms with Crippen LogP contribution in [0.2, 0.25) is 0 Å². The molecule has 5 heteroatoms. The number of aryl methyl sites for hydroxylation is 1. The zero-order valence-corrected chi connectivity index (χ0v) is 13.7. The highest BCUT2D eigenvalue weighted by atomic mass is 16.7. The van der Waals surface area contributed by atoms with Gasteiger partial charge in [-0.15, -0.1) is 0 Å². The third kappa shape index (κ3) is 4.03. The number of likely N-dealkylation sites (tertiary alicyclic amines) is 1. The molecule has 2 fully saturated rings. The van der Waals surface area contributed by atoms with Crippen molar-refractivity contribution in [3.05, 3.63) is 29.8 Å². The molecule has 0 radical (unpaired) electrons. The van der Waals surface area contributed by atoms with Crippen LogP contribution in [0, 0.1) is 0 Å². The third-order valence-electron chi connectivity index (χ3n) is 4.62. The molecule has 1 aromatic rings. The van der Waals surface area contributed by atoms with Gasteiger partial charge in [-0.25, -0.2) is 0 Å². The number of rotatable bonds is 5. The summed E-state index contributed by atoms with van der Waals surface area (Å²) in [5, 5.41) is 0. The van der Waals surface area contributed by atoms with Crippen molar-refractivity contribution in [2.75, 3.05) is 26.9 Å². The summed E-state index contributed by atoms with van der Waals surface area (Å²) < 4.78 is 16.4. The lowest BCUT2D eigenvalue weighted by Crippen LogP contribution is -2.50. The maximum absolute atomic E-state index is 12.7. The van der Waals surface area contributed by atoms with Crippen molar-refractivity contribution >= 4 is 5.91 Å². The Bertz CT molecular complexity index is 510. The topological polar surface area (TPSA) is 48.0 Å². The molecule has 126 valence electrons. The van der Waals surface area contributed by atoms with Crippen LogP contribution in [0.3, 0.4) is 0 Å². The molecule has 1 atom stereocenters. The first kappa shape index (κ1) is 16.3. The molecule has 0 N–H and O–H groups in total. The molecule has 5 nitrogen and oxygen atoms in total. The van der Waals surface area contributed by atoms with Crippen molar-refractivity contribution in [3.63, 3.8) is 0 Å². The Kier molecular flexibility index (Phi) is 5.51. The molecule has 0 aromatic heterocycles. The summed E-state index contributed by atoms with van der Waals surface area (Å²) in [6.45, 7) is 2.08. The Hall–Kier alpha value is -1.59. The number of piperidine rings is 1. The van der Waals surface area contributed by atoms with Crippen molar-refractivity contribution in [2.45, 2.75) is 44.4 Å². The van der Waals surface area contributed by atoms with E-state index in [9.17, 15) is 4.79 Å². The van der Waals surface area contributed by atoms with Crippen LogP contribution in [-0.2, 0) is 20.7 Å². The normalized spacial score (nSPS) is 22.3. The van der Waals surface area contributed by atoms with Crippen LogP contribution < -0.4 is 4.74 Å². The van der Waals surface area contributed by atoms with Crippen molar-refractivity contribution in [2.24, 2.45) is 0 Å². The molecule has 3 rings (SSSR count). The number of ether oxygens (including phenoxy) is 3. The summed E-state index contributed by atoms with van der Waals surface area (Å²) >= 11 is 0. The van der Waals surface area contributed by atoms with Gasteiger partial charge in [-0.3, -0.25) is 4.79 Å². The van der Waals surface area contributed by atoms with E-state index in [1.54, 1.807) is 7.11 Å². The van der Waals surface area contributed by atoms with Crippen LogP contribution in [0.25, 0.3) is 0 Å². The molecule has 0 saturated carbocycles. The van der Waals surface area contributed by atoms with Crippen LogP contribution in [-0.4, -0.2) is 50.0 Å². The molecule has 0 spiro atoms. The summed E-state index contributed by atoms with van der Waals surface area (Å²) in [4.78, 5) is 14.6. The number of benzene rings is 1. The van der Waals surface area contributed by atoms with Crippen LogP contribution in [0.15, 0.2) is 24.3 Å². The van der Waals surface area contributed by atoms with Gasteiger partial charge in [0.2, 0.25) is 5.91 Å². The summed E-state index contributed by atoms with van der Waals surface area (Å²) in [6.07, 6.45) is 4.21. The first-order chi connectivity index (χ1) is 11.3. The molecule has 1 aromatic carbocycles. The largest absolute Gasteiger partial charge is 0.497 e. The Morgan fingerprint density at radius 3 is 2.65 bits per heavy atom. The third-order valence-corrected chi connectivity index (χ3v) is 4.62. The average Bonchev–Trinajstić information content (AvgIpc) is 3.14. The SMILES string of the molecule is COc1ccc(CCC(=O)N2CCCCC2C2OCCO2)cc1. The molecule has 2 aliphatic heterocycles. The number of carbonyl (C=O) groups is 1. The van der Waals surface area contributed by atoms with Crippen molar-refractivity contribution in [1.82, 2.24) is 4.90 Å². The molecule has 2 aliphatic rings. The lowest BCUT2D eigenvalue weighted by molar-refractivity contribution is -0.150. The zero-order chi connectivity index (χ0) is 16.1. The van der Waals surface area contributed by atoms with Crippen molar-refractivity contribution in [3.8, 4) is 5.75 Å². The zero-order valence-electron chi connectivity index (χ0n) is 13.7. The van der Waals surface area contributed by atoms with E-state index in [1.165, 1.54) is 0 Å². The second-order valence-corrected chi connectivity index (χ2v) is 6.11. The summed E-state index contributed by atoms with van der Waals surface area (Å²) in [5.41, 5.74) is 1.15. The fourth-order valence-electron chi connectivity index (χ4n) is 3.34. The maximum atomic E-state index is 12.7. The number of hydrogen-bond donors (Lipinski definition) is 0. The lowest BCUT2D eigenvalue weighted by atomic mass is 10.00. The van der Waals surface area contributed by atoms with Crippen LogP contribution in [0.4, 0.5) is 0 Å². The average molecular weight is 319 g/mol. The van der Waals surface area contributed by atoms with Crippen LogP contribution >= 0.6 is 0 Å². The molecule has 2 saturated heterocycles.